The molecule has 13 heteroatoms. The summed E-state index contributed by atoms with van der Waals surface area (Å²) < 4.78 is 11.9. The number of nitrogens with zero attached hydrogens (tertiary/aromatic N) is 3. The lowest BCUT2D eigenvalue weighted by Crippen LogP contribution is -2.59. The van der Waals surface area contributed by atoms with E-state index in [2.05, 4.69) is 40.0 Å². The minimum atomic E-state index is -0.734. The molecular weight excluding hydrogens is 626 g/mol. The number of likely N-dealkylation sites (N-methyl/N-ethyl adjacent to an activating group) is 2. The highest BCUT2D eigenvalue weighted by Crippen LogP contribution is 2.29. The second kappa shape index (κ2) is 21.1. The van der Waals surface area contributed by atoms with E-state index >= 15 is 0 Å². The largest absolute Gasteiger partial charge is 0.379 e. The van der Waals surface area contributed by atoms with Crippen molar-refractivity contribution >= 4 is 23.6 Å². The number of piperazine rings is 1. The lowest BCUT2D eigenvalue weighted by atomic mass is 9.89. The lowest BCUT2D eigenvalue weighted by Gasteiger charge is -2.41. The maximum Gasteiger partial charge on any atom is 0.245 e. The molecule has 0 aliphatic carbocycles. The van der Waals surface area contributed by atoms with Gasteiger partial charge in [-0.3, -0.25) is 24.1 Å². The molecule has 49 heavy (non-hydrogen) atoms. The summed E-state index contributed by atoms with van der Waals surface area (Å²) in [6, 6.07) is -1.81. The molecule has 2 heterocycles. The first-order chi connectivity index (χ1) is 23.2. The Labute approximate surface area is 296 Å². The van der Waals surface area contributed by atoms with E-state index in [1.165, 1.54) is 0 Å². The maximum absolute atomic E-state index is 14.1. The fourth-order valence-electron chi connectivity index (χ4n) is 7.48. The van der Waals surface area contributed by atoms with Crippen LogP contribution >= 0.6 is 0 Å². The van der Waals surface area contributed by atoms with E-state index < -0.39 is 36.3 Å². The maximum atomic E-state index is 14.1. The first-order valence-electron chi connectivity index (χ1n) is 18.5. The van der Waals surface area contributed by atoms with E-state index in [4.69, 9.17) is 9.47 Å². The number of carbonyl (C=O) groups is 4. The molecular formula is C36H69N7O6. The van der Waals surface area contributed by atoms with Crippen LogP contribution in [0.4, 0.5) is 0 Å². The third kappa shape index (κ3) is 11.9. The molecule has 4 amide bonds. The Morgan fingerprint density at radius 3 is 2.08 bits per heavy atom. The van der Waals surface area contributed by atoms with Crippen molar-refractivity contribution < 1.29 is 28.7 Å². The van der Waals surface area contributed by atoms with E-state index in [-0.39, 0.29) is 53.8 Å². The average Bonchev–Trinajstić information content (AvgIpc) is 3.56. The molecule has 2 aliphatic rings. The van der Waals surface area contributed by atoms with Gasteiger partial charge in [-0.15, -0.1) is 0 Å². The molecule has 0 aromatic rings. The molecule has 0 aromatic carbocycles. The van der Waals surface area contributed by atoms with Gasteiger partial charge in [-0.2, -0.15) is 0 Å². The Hall–Kier alpha value is -2.32. The highest BCUT2D eigenvalue weighted by Gasteiger charge is 2.43. The standard InChI is InChI=1S/C36H69N7O6/c1-12-25(6)32(41(9)36(47)31(24(4)5)40-35(46)30(37-8)23(2)3)28(48-10)22-29(44)43-18-13-14-27(43)33(49-11)26(7)34(45)39-17-21-42-19-15-38-16-20-42/h23-28,30-33,37-38H,12-22H2,1-11H3,(H,39,45)(H,40,46)/t25-,26+,27-,28-,30-,31-,32-,33+/m0/s1. The van der Waals surface area contributed by atoms with Gasteiger partial charge in [-0.25, -0.2) is 0 Å². The van der Waals surface area contributed by atoms with Crippen LogP contribution in [0, 0.1) is 23.7 Å². The van der Waals surface area contributed by atoms with Crippen LogP contribution in [0.15, 0.2) is 0 Å². The van der Waals surface area contributed by atoms with Gasteiger partial charge in [0.15, 0.2) is 0 Å². The van der Waals surface area contributed by atoms with Crippen LogP contribution in [0.25, 0.3) is 0 Å². The predicted octanol–water partition coefficient (Wildman–Crippen LogP) is 1.31. The third-order valence-corrected chi connectivity index (χ3v) is 10.7. The minimum absolute atomic E-state index is 0.0157. The number of amides is 4. The highest BCUT2D eigenvalue weighted by atomic mass is 16.5. The summed E-state index contributed by atoms with van der Waals surface area (Å²) in [6.07, 6.45) is 1.38. The first-order valence-corrected chi connectivity index (χ1v) is 18.5. The van der Waals surface area contributed by atoms with E-state index in [9.17, 15) is 19.2 Å². The molecule has 0 bridgehead atoms. The monoisotopic (exact) mass is 696 g/mol. The zero-order valence-electron chi connectivity index (χ0n) is 32.3. The van der Waals surface area contributed by atoms with Crippen LogP contribution < -0.4 is 21.3 Å². The van der Waals surface area contributed by atoms with Crippen molar-refractivity contribution in [2.45, 2.75) is 111 Å². The molecule has 13 nitrogen and oxygen atoms in total. The van der Waals surface area contributed by atoms with Crippen LogP contribution in [0.3, 0.4) is 0 Å². The van der Waals surface area contributed by atoms with Crippen molar-refractivity contribution in [3.05, 3.63) is 0 Å². The van der Waals surface area contributed by atoms with Gasteiger partial charge < -0.3 is 40.5 Å². The number of nitrogens with one attached hydrogen (secondary N) is 4. The zero-order chi connectivity index (χ0) is 36.8. The van der Waals surface area contributed by atoms with Crippen LogP contribution in [0.5, 0.6) is 0 Å². The molecule has 2 fully saturated rings. The van der Waals surface area contributed by atoms with Crippen LogP contribution in [-0.2, 0) is 28.7 Å². The van der Waals surface area contributed by atoms with E-state index in [0.717, 1.165) is 52.0 Å². The molecule has 0 radical (unpaired) electrons. The highest BCUT2D eigenvalue weighted by molar-refractivity contribution is 5.90. The molecule has 2 saturated heterocycles. The molecule has 0 unspecified atom stereocenters. The topological polar surface area (TPSA) is 145 Å². The summed E-state index contributed by atoms with van der Waals surface area (Å²) >= 11 is 0. The number of carbonyl (C=O) groups excluding carboxylic acids is 4. The van der Waals surface area contributed by atoms with Crippen molar-refractivity contribution in [3.63, 3.8) is 0 Å². The Morgan fingerprint density at radius 2 is 1.55 bits per heavy atom. The lowest BCUT2D eigenvalue weighted by molar-refractivity contribution is -0.147. The fourth-order valence-corrected chi connectivity index (χ4v) is 7.48. The van der Waals surface area contributed by atoms with Gasteiger partial charge in [-0.1, -0.05) is 54.9 Å². The normalized spacial score (nSPS) is 21.5. The number of hydrogen-bond acceptors (Lipinski definition) is 9. The van der Waals surface area contributed by atoms with Crippen molar-refractivity contribution in [2.24, 2.45) is 23.7 Å². The van der Waals surface area contributed by atoms with Gasteiger partial charge in [0.1, 0.15) is 6.04 Å². The third-order valence-electron chi connectivity index (χ3n) is 10.7. The molecule has 0 spiro atoms. The molecule has 8 atom stereocenters. The zero-order valence-corrected chi connectivity index (χ0v) is 32.3. The molecule has 2 rings (SSSR count). The van der Waals surface area contributed by atoms with Crippen molar-refractivity contribution in [2.75, 3.05) is 74.1 Å². The first kappa shape index (κ1) is 42.8. The smallest absolute Gasteiger partial charge is 0.245 e. The van der Waals surface area contributed by atoms with Gasteiger partial charge in [0.25, 0.3) is 0 Å². The Balaban J connectivity index is 2.17. The summed E-state index contributed by atoms with van der Waals surface area (Å²) in [6.45, 7) is 19.6. The average molecular weight is 696 g/mol. The molecule has 284 valence electrons. The number of hydrogen-bond donors (Lipinski definition) is 4. The van der Waals surface area contributed by atoms with E-state index in [0.29, 0.717) is 13.1 Å². The Kier molecular flexibility index (Phi) is 18.5. The summed E-state index contributed by atoms with van der Waals surface area (Å²) in [7, 11) is 6.68. The molecule has 0 aromatic heterocycles. The van der Waals surface area contributed by atoms with E-state index in [1.54, 1.807) is 33.2 Å². The van der Waals surface area contributed by atoms with Crippen LogP contribution in [0.2, 0.25) is 0 Å². The van der Waals surface area contributed by atoms with Gasteiger partial charge in [0.05, 0.1) is 42.7 Å². The quantitative estimate of drug-likeness (QED) is 0.148. The van der Waals surface area contributed by atoms with Crippen LogP contribution in [-0.4, -0.2) is 149 Å². The Morgan fingerprint density at radius 1 is 0.918 bits per heavy atom. The number of likely N-dealkylation sites (tertiary alicyclic amines) is 1. The van der Waals surface area contributed by atoms with Gasteiger partial charge in [0, 0.05) is 67.1 Å². The molecule has 4 N–H and O–H groups in total. The number of methoxy groups -OCH3 is 2. The Bertz CT molecular complexity index is 1040. The van der Waals surface area contributed by atoms with E-state index in [1.807, 2.05) is 39.5 Å². The summed E-state index contributed by atoms with van der Waals surface area (Å²) in [4.78, 5) is 60.4. The van der Waals surface area contributed by atoms with Crippen LogP contribution in [0.1, 0.15) is 74.1 Å². The van der Waals surface area contributed by atoms with Gasteiger partial charge in [0.2, 0.25) is 23.6 Å². The van der Waals surface area contributed by atoms with Gasteiger partial charge >= 0.3 is 0 Å². The van der Waals surface area contributed by atoms with Crippen molar-refractivity contribution in [1.82, 2.24) is 36.0 Å². The minimum Gasteiger partial charge on any atom is -0.379 e. The van der Waals surface area contributed by atoms with Gasteiger partial charge in [-0.05, 0) is 37.6 Å². The fraction of sp³-hybridized carbons (Fsp3) is 0.889. The predicted molar refractivity (Wildman–Crippen MR) is 193 cm³/mol. The molecule has 0 saturated carbocycles. The molecule has 2 aliphatic heterocycles. The number of rotatable bonds is 20. The second-order valence-corrected chi connectivity index (χ2v) is 14.7. The van der Waals surface area contributed by atoms with Crippen molar-refractivity contribution in [3.8, 4) is 0 Å². The summed E-state index contributed by atoms with van der Waals surface area (Å²) in [5.41, 5.74) is 0. The van der Waals surface area contributed by atoms with Crippen molar-refractivity contribution in [1.29, 1.82) is 0 Å². The number of ether oxygens (including phenoxy) is 2. The second-order valence-electron chi connectivity index (χ2n) is 14.7. The SMILES string of the molecule is CC[C@H](C)[C@@H]([C@H](CC(=O)N1CCC[C@H]1[C@H](OC)[C@@H](C)C(=O)NCCN1CCNCC1)OC)N(C)C(=O)[C@@H](NC(=O)[C@@H](NC)C(C)C)C(C)C. The summed E-state index contributed by atoms with van der Waals surface area (Å²) in [5.74, 6) is -1.11. The summed E-state index contributed by atoms with van der Waals surface area (Å²) in [5, 5.41) is 12.5.